The first-order valence-corrected chi connectivity index (χ1v) is 5.55. The van der Waals surface area contributed by atoms with Gasteiger partial charge in [0, 0.05) is 0 Å². The van der Waals surface area contributed by atoms with Gasteiger partial charge in [0.2, 0.25) is 0 Å². The molecule has 0 aliphatic rings. The van der Waals surface area contributed by atoms with Crippen LogP contribution in [0.1, 0.15) is 11.1 Å². The summed E-state index contributed by atoms with van der Waals surface area (Å²) in [7, 11) is 0. The molecule has 0 saturated carbocycles. The minimum atomic E-state index is 1.20. The number of hydrogen-bond donors (Lipinski definition) is 0. The Labute approximate surface area is 95.5 Å². The Morgan fingerprint density at radius 2 is 1.56 bits per heavy atom. The van der Waals surface area contributed by atoms with Crippen molar-refractivity contribution in [1.82, 2.24) is 0 Å². The van der Waals surface area contributed by atoms with E-state index in [4.69, 9.17) is 0 Å². The van der Waals surface area contributed by atoms with Gasteiger partial charge in [0.05, 0.1) is 0 Å². The first-order chi connectivity index (χ1) is 7.72. The maximum absolute atomic E-state index is 3.33. The number of benzene rings is 3. The second-order valence-electron chi connectivity index (χ2n) is 4.47. The largest absolute Gasteiger partial charge is 0.0587 e. The molecule has 3 rings (SSSR count). The SMILES string of the molecule is Cc1c[c]c2cc3cc(C)ccc3cc2c1. The Bertz CT molecular complexity index is 616. The first kappa shape index (κ1) is 9.41. The molecule has 0 nitrogen and oxygen atoms in total. The number of hydrogen-bond acceptors (Lipinski definition) is 0. The normalized spacial score (nSPS) is 11.1. The van der Waals surface area contributed by atoms with E-state index < -0.39 is 0 Å². The molecule has 3 aromatic rings. The Morgan fingerprint density at radius 3 is 2.44 bits per heavy atom. The van der Waals surface area contributed by atoms with E-state index in [0.717, 1.165) is 0 Å². The Balaban J connectivity index is 2.44. The molecule has 0 N–H and O–H groups in total. The summed E-state index contributed by atoms with van der Waals surface area (Å²) in [4.78, 5) is 0. The van der Waals surface area contributed by atoms with E-state index in [0.29, 0.717) is 0 Å². The fourth-order valence-corrected chi connectivity index (χ4v) is 2.16. The fourth-order valence-electron chi connectivity index (χ4n) is 2.16. The van der Waals surface area contributed by atoms with Crippen LogP contribution in [-0.2, 0) is 0 Å². The molecule has 0 fully saturated rings. The molecule has 0 heterocycles. The standard InChI is InChI=1S/C16H13/c1-11-3-5-13-10-16-8-12(2)4-6-14(16)9-15(13)7-11/h3-5,7-10H,1-2H3. The Kier molecular flexibility index (Phi) is 1.97. The third-order valence-electron chi connectivity index (χ3n) is 3.00. The molecule has 77 valence electrons. The monoisotopic (exact) mass is 205 g/mol. The topological polar surface area (TPSA) is 0 Å². The van der Waals surface area contributed by atoms with E-state index in [9.17, 15) is 0 Å². The van der Waals surface area contributed by atoms with Gasteiger partial charge in [-0.05, 0) is 59.2 Å². The lowest BCUT2D eigenvalue weighted by molar-refractivity contribution is 1.49. The van der Waals surface area contributed by atoms with Gasteiger partial charge in [-0.25, -0.2) is 0 Å². The molecule has 0 aliphatic carbocycles. The van der Waals surface area contributed by atoms with E-state index in [1.807, 2.05) is 6.07 Å². The lowest BCUT2D eigenvalue weighted by Gasteiger charge is -2.04. The van der Waals surface area contributed by atoms with Crippen molar-refractivity contribution in [2.45, 2.75) is 13.8 Å². The lowest BCUT2D eigenvalue weighted by atomic mass is 10.0. The average molecular weight is 205 g/mol. The maximum Gasteiger partial charge on any atom is -0.00962 e. The smallest absolute Gasteiger partial charge is 0.00962 e. The van der Waals surface area contributed by atoms with Crippen LogP contribution in [0.25, 0.3) is 21.5 Å². The molecule has 0 heteroatoms. The predicted octanol–water partition coefficient (Wildman–Crippen LogP) is 4.41. The molecule has 0 amide bonds. The zero-order valence-corrected chi connectivity index (χ0v) is 9.54. The molecule has 0 atom stereocenters. The molecule has 0 aliphatic heterocycles. The summed E-state index contributed by atoms with van der Waals surface area (Å²) in [6.07, 6.45) is 0. The third-order valence-corrected chi connectivity index (χ3v) is 3.00. The van der Waals surface area contributed by atoms with E-state index in [1.165, 1.54) is 32.7 Å². The van der Waals surface area contributed by atoms with Crippen molar-refractivity contribution >= 4 is 21.5 Å². The van der Waals surface area contributed by atoms with Gasteiger partial charge in [0.25, 0.3) is 0 Å². The van der Waals surface area contributed by atoms with Crippen LogP contribution in [0, 0.1) is 19.9 Å². The van der Waals surface area contributed by atoms with E-state index >= 15 is 0 Å². The first-order valence-electron chi connectivity index (χ1n) is 5.55. The number of aryl methyl sites for hydroxylation is 2. The van der Waals surface area contributed by atoms with Crippen molar-refractivity contribution in [2.75, 3.05) is 0 Å². The van der Waals surface area contributed by atoms with Crippen LogP contribution >= 0.6 is 0 Å². The molecule has 0 aromatic heterocycles. The predicted molar refractivity (Wildman–Crippen MR) is 69.8 cm³/mol. The lowest BCUT2D eigenvalue weighted by Crippen LogP contribution is -1.79. The molecular formula is C16H13. The van der Waals surface area contributed by atoms with Crippen molar-refractivity contribution < 1.29 is 0 Å². The highest BCUT2D eigenvalue weighted by Crippen LogP contribution is 2.24. The van der Waals surface area contributed by atoms with E-state index in [1.54, 1.807) is 0 Å². The van der Waals surface area contributed by atoms with Gasteiger partial charge >= 0.3 is 0 Å². The average Bonchev–Trinajstić information content (AvgIpc) is 2.26. The van der Waals surface area contributed by atoms with Gasteiger partial charge < -0.3 is 0 Å². The van der Waals surface area contributed by atoms with Gasteiger partial charge in [-0.2, -0.15) is 0 Å². The Morgan fingerprint density at radius 1 is 0.750 bits per heavy atom. The zero-order chi connectivity index (χ0) is 11.1. The maximum atomic E-state index is 3.33. The van der Waals surface area contributed by atoms with Gasteiger partial charge in [0.15, 0.2) is 0 Å². The highest BCUT2D eigenvalue weighted by Gasteiger charge is 1.98. The van der Waals surface area contributed by atoms with E-state index in [2.05, 4.69) is 56.3 Å². The van der Waals surface area contributed by atoms with Crippen molar-refractivity contribution in [3.05, 3.63) is 59.7 Å². The van der Waals surface area contributed by atoms with Crippen LogP contribution in [0.2, 0.25) is 0 Å². The highest BCUT2D eigenvalue weighted by molar-refractivity contribution is 5.98. The summed E-state index contributed by atoms with van der Waals surface area (Å²) in [6.45, 7) is 4.23. The van der Waals surface area contributed by atoms with Crippen molar-refractivity contribution in [3.8, 4) is 0 Å². The fraction of sp³-hybridized carbons (Fsp3) is 0.125. The summed E-state index contributed by atoms with van der Waals surface area (Å²) in [5, 5.41) is 5.07. The minimum absolute atomic E-state index is 1.20. The molecule has 3 aromatic carbocycles. The zero-order valence-electron chi connectivity index (χ0n) is 9.54. The van der Waals surface area contributed by atoms with Crippen LogP contribution in [0.3, 0.4) is 0 Å². The number of fused-ring (bicyclic) bond motifs is 2. The van der Waals surface area contributed by atoms with Crippen molar-refractivity contribution in [3.63, 3.8) is 0 Å². The molecular weight excluding hydrogens is 192 g/mol. The molecule has 16 heavy (non-hydrogen) atoms. The van der Waals surface area contributed by atoms with Crippen LogP contribution in [0.5, 0.6) is 0 Å². The quantitative estimate of drug-likeness (QED) is 0.477. The molecule has 0 saturated heterocycles. The van der Waals surface area contributed by atoms with Crippen LogP contribution < -0.4 is 0 Å². The second kappa shape index (κ2) is 3.34. The van der Waals surface area contributed by atoms with Crippen molar-refractivity contribution in [1.29, 1.82) is 0 Å². The molecule has 0 bridgehead atoms. The van der Waals surface area contributed by atoms with Gasteiger partial charge in [-0.15, -0.1) is 0 Å². The van der Waals surface area contributed by atoms with Gasteiger partial charge in [-0.1, -0.05) is 35.9 Å². The molecule has 1 radical (unpaired) electrons. The van der Waals surface area contributed by atoms with Crippen LogP contribution in [-0.4, -0.2) is 0 Å². The second-order valence-corrected chi connectivity index (χ2v) is 4.47. The number of rotatable bonds is 0. The third kappa shape index (κ3) is 1.47. The van der Waals surface area contributed by atoms with Gasteiger partial charge in [0.1, 0.15) is 0 Å². The summed E-state index contributed by atoms with van der Waals surface area (Å²) in [5.74, 6) is 0. The minimum Gasteiger partial charge on any atom is -0.0587 e. The summed E-state index contributed by atoms with van der Waals surface area (Å²) in [5.41, 5.74) is 2.57. The molecule has 0 unspecified atom stereocenters. The van der Waals surface area contributed by atoms with E-state index in [-0.39, 0.29) is 0 Å². The summed E-state index contributed by atoms with van der Waals surface area (Å²) >= 11 is 0. The van der Waals surface area contributed by atoms with Crippen molar-refractivity contribution in [2.24, 2.45) is 0 Å². The molecule has 0 spiro atoms. The summed E-state index contributed by atoms with van der Waals surface area (Å²) < 4.78 is 0. The Hall–Kier alpha value is -1.82. The van der Waals surface area contributed by atoms with Gasteiger partial charge in [-0.3, -0.25) is 0 Å². The van der Waals surface area contributed by atoms with Crippen LogP contribution in [0.15, 0.2) is 42.5 Å². The van der Waals surface area contributed by atoms with Crippen LogP contribution in [0.4, 0.5) is 0 Å². The highest BCUT2D eigenvalue weighted by atomic mass is 14.0. The summed E-state index contributed by atoms with van der Waals surface area (Å²) in [6, 6.07) is 18.6.